The minimum Gasteiger partial charge on any atom is -0.400 e. The molecule has 17 nitrogen and oxygen atoms in total. The van der Waals surface area contributed by atoms with Crippen LogP contribution >= 0.6 is 0 Å². The van der Waals surface area contributed by atoms with Crippen LogP contribution in [0, 0.1) is 0 Å². The zero-order valence-electron chi connectivity index (χ0n) is 28.8. The van der Waals surface area contributed by atoms with E-state index in [4.69, 9.17) is 26.8 Å². The lowest BCUT2D eigenvalue weighted by Gasteiger charge is -2.04. The lowest BCUT2D eigenvalue weighted by molar-refractivity contribution is 0.248. The number of aliphatic hydroxyl groups is 1. The van der Waals surface area contributed by atoms with E-state index in [2.05, 4.69) is 42.0 Å². The van der Waals surface area contributed by atoms with Crippen molar-refractivity contribution in [1.29, 1.82) is 0 Å². The molecule has 0 atom stereocenters. The Morgan fingerprint density at radius 1 is 0.745 bits per heavy atom. The lowest BCUT2D eigenvalue weighted by Crippen LogP contribution is -2.28. The highest BCUT2D eigenvalue weighted by Crippen LogP contribution is 2.27. The van der Waals surface area contributed by atoms with Gasteiger partial charge in [0.05, 0.1) is 24.0 Å². The van der Waals surface area contributed by atoms with Crippen molar-refractivity contribution < 1.29 is 9.90 Å². The molecule has 2 amide bonds. The molecule has 0 aliphatic carbocycles. The number of primary amides is 1. The molecule has 6 heterocycles. The zero-order chi connectivity index (χ0) is 36.2. The summed E-state index contributed by atoms with van der Waals surface area (Å²) in [5.41, 5.74) is 21.3. The van der Waals surface area contributed by atoms with Crippen LogP contribution in [-0.2, 0) is 27.2 Å². The van der Waals surface area contributed by atoms with Crippen molar-refractivity contribution >= 4 is 51.3 Å². The summed E-state index contributed by atoms with van der Waals surface area (Å²) in [5, 5.41) is 25.2. The van der Waals surface area contributed by atoms with Crippen LogP contribution in [0.5, 0.6) is 0 Å². The predicted molar refractivity (Wildman–Crippen MR) is 197 cm³/mol. The van der Waals surface area contributed by atoms with Gasteiger partial charge in [-0.25, -0.2) is 24.7 Å². The maximum Gasteiger partial charge on any atom is 0.312 e. The fraction of sp³-hybridized carbons (Fsp3) is 0.206. The first-order valence-corrected chi connectivity index (χ1v) is 15.9. The number of benzene rings is 2. The summed E-state index contributed by atoms with van der Waals surface area (Å²) < 4.78 is 7.47. The van der Waals surface area contributed by atoms with Crippen LogP contribution in [-0.4, -0.2) is 80.6 Å². The fourth-order valence-corrected chi connectivity index (χ4v) is 5.75. The number of nitrogens with one attached hydrogen (secondary N) is 3. The monoisotopic (exact) mass is 689 g/mol. The second-order valence-corrected chi connectivity index (χ2v) is 11.4. The number of carbonyl (C=O) groups excluding carboxylic acids is 1. The number of hydrogen-bond acceptors (Lipinski definition) is 11. The van der Waals surface area contributed by atoms with Gasteiger partial charge in [0.1, 0.15) is 0 Å². The standard InChI is InChI=1S/C17H18N8O.C16H17N7.CH4O/c1-19-15-14-16(24(2)9-21-14)25-13(22-15)7-12(23-25)11-5-3-4-10(6-11)8-20-17(18)26;1-18-15-14-16(22(2)9-19-14)23-13(20-15)7-12(21-23)11-5-3-4-10(6-11)8-17;1-2/h3-7,9H,8H2,1-2H3,(H,19,22)(H3,18,20,26);3-7,9H,8,17H2,1-2H3,(H,18,20);2H,1H3. The Bertz CT molecular complexity index is 2490. The average molecular weight is 690 g/mol. The second-order valence-electron chi connectivity index (χ2n) is 11.4. The fourth-order valence-electron chi connectivity index (χ4n) is 5.75. The number of nitrogens with two attached hydrogens (primary N) is 2. The number of hydrogen-bond donors (Lipinski definition) is 6. The molecule has 0 spiro atoms. The first-order valence-electron chi connectivity index (χ1n) is 15.9. The van der Waals surface area contributed by atoms with Gasteiger partial charge in [0.25, 0.3) is 0 Å². The molecule has 0 fully saturated rings. The maximum absolute atomic E-state index is 10.9. The summed E-state index contributed by atoms with van der Waals surface area (Å²) in [5.74, 6) is 1.45. The molecule has 0 aliphatic rings. The van der Waals surface area contributed by atoms with Crippen molar-refractivity contribution in [3.8, 4) is 22.5 Å². The van der Waals surface area contributed by atoms with E-state index >= 15 is 0 Å². The molecule has 0 bridgehead atoms. The molecule has 262 valence electrons. The summed E-state index contributed by atoms with van der Waals surface area (Å²) in [6.07, 6.45) is 3.51. The molecule has 0 saturated carbocycles. The van der Waals surface area contributed by atoms with Gasteiger partial charge in [-0.1, -0.05) is 36.4 Å². The Kier molecular flexibility index (Phi) is 9.74. The number of anilines is 2. The van der Waals surface area contributed by atoms with E-state index in [1.54, 1.807) is 17.2 Å². The van der Waals surface area contributed by atoms with Crippen molar-refractivity contribution in [3.05, 3.63) is 84.4 Å². The number of aromatic nitrogens is 10. The maximum atomic E-state index is 10.9. The summed E-state index contributed by atoms with van der Waals surface area (Å²) in [7, 11) is 8.53. The number of carbonyl (C=O) groups is 1. The highest BCUT2D eigenvalue weighted by Gasteiger charge is 2.17. The molecular weight excluding hydrogens is 650 g/mol. The lowest BCUT2D eigenvalue weighted by atomic mass is 10.1. The van der Waals surface area contributed by atoms with Gasteiger partial charge >= 0.3 is 6.03 Å². The first-order chi connectivity index (χ1) is 24.8. The largest absolute Gasteiger partial charge is 0.400 e. The molecule has 0 radical (unpaired) electrons. The van der Waals surface area contributed by atoms with Gasteiger partial charge in [-0.3, -0.25) is 0 Å². The molecule has 0 aliphatic heterocycles. The van der Waals surface area contributed by atoms with Crippen LogP contribution in [0.1, 0.15) is 11.1 Å². The Balaban J connectivity index is 0.000000169. The van der Waals surface area contributed by atoms with Gasteiger partial charge in [0.15, 0.2) is 45.3 Å². The van der Waals surface area contributed by atoms with Crippen LogP contribution in [0.4, 0.5) is 16.4 Å². The van der Waals surface area contributed by atoms with Gasteiger partial charge in [-0.05, 0) is 23.3 Å². The predicted octanol–water partition coefficient (Wildman–Crippen LogP) is 2.88. The molecule has 8 N–H and O–H groups in total. The van der Waals surface area contributed by atoms with Crippen molar-refractivity contribution in [2.75, 3.05) is 31.8 Å². The van der Waals surface area contributed by atoms with Crippen LogP contribution in [0.15, 0.2) is 73.3 Å². The molecule has 8 rings (SSSR count). The summed E-state index contributed by atoms with van der Waals surface area (Å²) >= 11 is 0. The number of fused-ring (bicyclic) bond motifs is 6. The van der Waals surface area contributed by atoms with E-state index < -0.39 is 6.03 Å². The van der Waals surface area contributed by atoms with Gasteiger partial charge in [0, 0.05) is 71.6 Å². The van der Waals surface area contributed by atoms with Gasteiger partial charge in [0.2, 0.25) is 0 Å². The van der Waals surface area contributed by atoms with Gasteiger partial charge in [-0.2, -0.15) is 19.2 Å². The molecule has 17 heteroatoms. The number of imidazole rings is 2. The number of nitrogens with zero attached hydrogens (tertiary/aromatic N) is 10. The molecule has 8 aromatic rings. The minimum atomic E-state index is -0.550. The quantitative estimate of drug-likeness (QED) is 0.143. The van der Waals surface area contributed by atoms with Crippen molar-refractivity contribution in [1.82, 2.24) is 53.6 Å². The topological polar surface area (TPSA) is 221 Å². The van der Waals surface area contributed by atoms with Crippen LogP contribution in [0.25, 0.3) is 56.1 Å². The van der Waals surface area contributed by atoms with Gasteiger partial charge < -0.3 is 41.7 Å². The Morgan fingerprint density at radius 2 is 1.22 bits per heavy atom. The number of amides is 2. The van der Waals surface area contributed by atoms with E-state index in [0.29, 0.717) is 18.9 Å². The highest BCUT2D eigenvalue weighted by atomic mass is 16.2. The highest BCUT2D eigenvalue weighted by molar-refractivity contribution is 5.87. The zero-order valence-corrected chi connectivity index (χ0v) is 28.8. The third-order valence-corrected chi connectivity index (χ3v) is 8.12. The molecule has 6 aromatic heterocycles. The van der Waals surface area contributed by atoms with E-state index in [0.717, 1.165) is 80.2 Å². The van der Waals surface area contributed by atoms with E-state index in [1.165, 1.54) is 0 Å². The number of urea groups is 1. The number of aliphatic hydroxyl groups excluding tert-OH is 1. The SMILES string of the molecule is CNc1nc2cc(-c3cccc(CN)c3)nn2c2c1ncn2C.CNc1nc2cc(-c3cccc(CNC(N)=O)c3)nn2c2c1ncn2C.CO. The smallest absolute Gasteiger partial charge is 0.312 e. The molecule has 0 unspecified atom stereocenters. The summed E-state index contributed by atoms with van der Waals surface area (Å²) in [6.45, 7) is 0.875. The van der Waals surface area contributed by atoms with Crippen LogP contribution in [0.2, 0.25) is 0 Å². The van der Waals surface area contributed by atoms with Crippen LogP contribution in [0.3, 0.4) is 0 Å². The number of rotatable bonds is 7. The van der Waals surface area contributed by atoms with E-state index in [-0.39, 0.29) is 0 Å². The van der Waals surface area contributed by atoms with Gasteiger partial charge in [-0.15, -0.1) is 0 Å². The molecule has 51 heavy (non-hydrogen) atoms. The minimum absolute atomic E-state index is 0.366. The third-order valence-electron chi connectivity index (χ3n) is 8.12. The Hall–Kier alpha value is -6.59. The molecular formula is C34H39N15O2. The third kappa shape index (κ3) is 6.57. The van der Waals surface area contributed by atoms with E-state index in [9.17, 15) is 4.79 Å². The second kappa shape index (κ2) is 14.5. The summed E-state index contributed by atoms with van der Waals surface area (Å²) in [6, 6.07) is 19.2. The Morgan fingerprint density at radius 3 is 1.67 bits per heavy atom. The summed E-state index contributed by atoms with van der Waals surface area (Å²) in [4.78, 5) is 28.9. The van der Waals surface area contributed by atoms with Crippen molar-refractivity contribution in [2.24, 2.45) is 25.6 Å². The number of aryl methyl sites for hydroxylation is 2. The van der Waals surface area contributed by atoms with E-state index in [1.807, 2.05) is 96.4 Å². The average Bonchev–Trinajstić information content (AvgIpc) is 3.96. The Labute approximate surface area is 292 Å². The molecule has 2 aromatic carbocycles. The first kappa shape index (κ1) is 34.3. The van der Waals surface area contributed by atoms with Crippen molar-refractivity contribution in [3.63, 3.8) is 0 Å². The normalized spacial score (nSPS) is 11.0. The van der Waals surface area contributed by atoms with Crippen molar-refractivity contribution in [2.45, 2.75) is 13.1 Å². The van der Waals surface area contributed by atoms with Crippen LogP contribution < -0.4 is 27.4 Å². The molecule has 0 saturated heterocycles.